The number of ketones is 1. The highest BCUT2D eigenvalue weighted by Gasteiger charge is 2.34. The van der Waals surface area contributed by atoms with Crippen LogP contribution in [0.4, 0.5) is 0 Å². The van der Waals surface area contributed by atoms with Crippen molar-refractivity contribution in [2.24, 2.45) is 5.92 Å². The summed E-state index contributed by atoms with van der Waals surface area (Å²) in [7, 11) is 0. The summed E-state index contributed by atoms with van der Waals surface area (Å²) in [6.45, 7) is 2.15. The van der Waals surface area contributed by atoms with Crippen molar-refractivity contribution in [1.82, 2.24) is 0 Å². The molecule has 0 radical (unpaired) electrons. The molecule has 0 spiro atoms. The topological polar surface area (TPSA) is 74.6 Å². The van der Waals surface area contributed by atoms with Crippen molar-refractivity contribution in [2.75, 3.05) is 0 Å². The number of carbonyl (C=O) groups excluding carboxylic acids is 1. The Morgan fingerprint density at radius 2 is 1.93 bits per heavy atom. The second-order valence-electron chi connectivity index (χ2n) is 7.91. The largest absolute Gasteiger partial charge is 0.481 e. The molecule has 4 heteroatoms. The molecule has 0 aromatic heterocycles. The van der Waals surface area contributed by atoms with E-state index in [9.17, 15) is 14.7 Å². The second-order valence-corrected chi connectivity index (χ2v) is 7.91. The molecule has 1 unspecified atom stereocenters. The first kappa shape index (κ1) is 22.4. The Bertz CT molecular complexity index is 647. The van der Waals surface area contributed by atoms with Crippen LogP contribution >= 0.6 is 0 Å². The monoisotopic (exact) mass is 386 g/mol. The van der Waals surface area contributed by atoms with Gasteiger partial charge in [0, 0.05) is 18.8 Å². The number of benzene rings is 1. The predicted octanol–water partition coefficient (Wildman–Crippen LogP) is 5.56. The van der Waals surface area contributed by atoms with Crippen LogP contribution in [0.25, 0.3) is 0 Å². The number of hydrogen-bond acceptors (Lipinski definition) is 3. The number of carbonyl (C=O) groups is 2. The summed E-state index contributed by atoms with van der Waals surface area (Å²) in [5.41, 5.74) is 1.98. The zero-order valence-electron chi connectivity index (χ0n) is 17.0. The van der Waals surface area contributed by atoms with Gasteiger partial charge in [-0.15, -0.1) is 0 Å². The van der Waals surface area contributed by atoms with Crippen LogP contribution in [0.15, 0.2) is 36.4 Å². The average molecular weight is 387 g/mol. The van der Waals surface area contributed by atoms with Gasteiger partial charge in [-0.1, -0.05) is 62.6 Å². The SMILES string of the molecule is CCCCCC(O)c1ccc([C@H]2C(=O)CC[C@@H]2CC=CCCCC(=O)O)cc1. The number of Topliss-reactive ketones (excluding diaryl/α,β-unsaturated/α-hetero) is 1. The van der Waals surface area contributed by atoms with E-state index in [4.69, 9.17) is 5.11 Å². The Morgan fingerprint density at radius 3 is 2.61 bits per heavy atom. The highest BCUT2D eigenvalue weighted by Crippen LogP contribution is 2.39. The van der Waals surface area contributed by atoms with E-state index >= 15 is 0 Å². The summed E-state index contributed by atoms with van der Waals surface area (Å²) >= 11 is 0. The third kappa shape index (κ3) is 6.90. The molecule has 0 aliphatic heterocycles. The lowest BCUT2D eigenvalue weighted by Gasteiger charge is -2.18. The van der Waals surface area contributed by atoms with Gasteiger partial charge in [0.25, 0.3) is 0 Å². The standard InChI is InChI=1S/C24H34O4/c1-2-3-6-10-21(25)18-12-14-20(15-13-18)24-19(16-17-22(24)26)9-7-4-5-8-11-23(27)28/h4,7,12-15,19,21,24-25H,2-3,5-6,8-11,16-17H2,1H3,(H,27,28)/t19-,21?,24-/m0/s1. The lowest BCUT2D eigenvalue weighted by Crippen LogP contribution is -2.12. The Balaban J connectivity index is 1.91. The van der Waals surface area contributed by atoms with E-state index in [-0.39, 0.29) is 12.3 Å². The molecule has 3 atom stereocenters. The highest BCUT2D eigenvalue weighted by atomic mass is 16.4. The van der Waals surface area contributed by atoms with Crippen LogP contribution in [0.3, 0.4) is 0 Å². The van der Waals surface area contributed by atoms with Gasteiger partial charge in [0.2, 0.25) is 0 Å². The number of hydrogen-bond donors (Lipinski definition) is 2. The van der Waals surface area contributed by atoms with Gasteiger partial charge in [0.15, 0.2) is 0 Å². The number of allylic oxidation sites excluding steroid dienone is 2. The molecule has 1 aromatic carbocycles. The minimum absolute atomic E-state index is 0.0602. The molecule has 2 rings (SSSR count). The average Bonchev–Trinajstić information content (AvgIpc) is 3.05. The fourth-order valence-corrected chi connectivity index (χ4v) is 4.06. The number of aliphatic hydroxyl groups is 1. The molecule has 0 amide bonds. The number of carboxylic acid groups (broad SMARTS) is 1. The van der Waals surface area contributed by atoms with Crippen molar-refractivity contribution in [1.29, 1.82) is 0 Å². The molecule has 28 heavy (non-hydrogen) atoms. The van der Waals surface area contributed by atoms with Crippen LogP contribution in [-0.2, 0) is 9.59 Å². The maximum absolute atomic E-state index is 12.4. The van der Waals surface area contributed by atoms with Gasteiger partial charge in [0.1, 0.15) is 5.78 Å². The first-order chi connectivity index (χ1) is 13.5. The molecule has 1 aromatic rings. The van der Waals surface area contributed by atoms with Crippen LogP contribution in [0.1, 0.15) is 94.3 Å². The molecular weight excluding hydrogens is 352 g/mol. The van der Waals surface area contributed by atoms with Gasteiger partial charge >= 0.3 is 5.97 Å². The van der Waals surface area contributed by atoms with Crippen LogP contribution in [0, 0.1) is 5.92 Å². The lowest BCUT2D eigenvalue weighted by molar-refractivity contribution is -0.137. The van der Waals surface area contributed by atoms with E-state index in [1.807, 2.05) is 30.3 Å². The van der Waals surface area contributed by atoms with Crippen molar-refractivity contribution in [3.05, 3.63) is 47.5 Å². The second kappa shape index (κ2) is 11.8. The Hall–Kier alpha value is -1.94. The van der Waals surface area contributed by atoms with Crippen LogP contribution in [-0.4, -0.2) is 22.0 Å². The molecule has 0 bridgehead atoms. The van der Waals surface area contributed by atoms with E-state index in [0.29, 0.717) is 24.5 Å². The normalized spacial score (nSPS) is 20.7. The Kier molecular flexibility index (Phi) is 9.42. The van der Waals surface area contributed by atoms with Crippen LogP contribution < -0.4 is 0 Å². The zero-order valence-corrected chi connectivity index (χ0v) is 17.0. The van der Waals surface area contributed by atoms with E-state index in [1.54, 1.807) is 0 Å². The van der Waals surface area contributed by atoms with Crippen molar-refractivity contribution in [3.8, 4) is 0 Å². The maximum atomic E-state index is 12.4. The molecule has 154 valence electrons. The number of aliphatic hydroxyl groups excluding tert-OH is 1. The summed E-state index contributed by atoms with van der Waals surface area (Å²) in [5.74, 6) is -0.201. The molecule has 1 aliphatic rings. The van der Waals surface area contributed by atoms with Gasteiger partial charge in [-0.2, -0.15) is 0 Å². The van der Waals surface area contributed by atoms with Crippen LogP contribution in [0.5, 0.6) is 0 Å². The smallest absolute Gasteiger partial charge is 0.303 e. The van der Waals surface area contributed by atoms with Gasteiger partial charge in [-0.3, -0.25) is 9.59 Å². The number of aliphatic carboxylic acids is 1. The molecule has 1 fully saturated rings. The first-order valence-corrected chi connectivity index (χ1v) is 10.7. The third-order valence-electron chi connectivity index (χ3n) is 5.71. The molecule has 1 aliphatic carbocycles. The maximum Gasteiger partial charge on any atom is 0.303 e. The van der Waals surface area contributed by atoms with E-state index in [2.05, 4.69) is 13.0 Å². The molecule has 4 nitrogen and oxygen atoms in total. The minimum atomic E-state index is -0.756. The number of carboxylic acids is 1. The van der Waals surface area contributed by atoms with Gasteiger partial charge in [0.05, 0.1) is 6.10 Å². The minimum Gasteiger partial charge on any atom is -0.481 e. The number of unbranched alkanes of at least 4 members (excludes halogenated alkanes) is 3. The zero-order chi connectivity index (χ0) is 20.4. The summed E-state index contributed by atoms with van der Waals surface area (Å²) in [6.07, 6.45) is 11.8. The molecule has 2 N–H and O–H groups in total. The van der Waals surface area contributed by atoms with Gasteiger partial charge < -0.3 is 10.2 Å². The Morgan fingerprint density at radius 1 is 1.18 bits per heavy atom. The molecular formula is C24H34O4. The molecule has 0 heterocycles. The first-order valence-electron chi connectivity index (χ1n) is 10.7. The summed E-state index contributed by atoms with van der Waals surface area (Å²) < 4.78 is 0. The lowest BCUT2D eigenvalue weighted by atomic mass is 9.85. The van der Waals surface area contributed by atoms with Gasteiger partial charge in [-0.25, -0.2) is 0 Å². The fraction of sp³-hybridized carbons (Fsp3) is 0.583. The van der Waals surface area contributed by atoms with Crippen LogP contribution in [0.2, 0.25) is 0 Å². The molecule has 0 saturated heterocycles. The highest BCUT2D eigenvalue weighted by molar-refractivity contribution is 5.88. The van der Waals surface area contributed by atoms with Crippen molar-refractivity contribution < 1.29 is 19.8 Å². The quantitative estimate of drug-likeness (QED) is 0.364. The third-order valence-corrected chi connectivity index (χ3v) is 5.71. The van der Waals surface area contributed by atoms with Gasteiger partial charge in [-0.05, 0) is 49.1 Å². The summed E-state index contributed by atoms with van der Waals surface area (Å²) in [6, 6.07) is 7.96. The van der Waals surface area contributed by atoms with Crippen molar-refractivity contribution in [3.63, 3.8) is 0 Å². The van der Waals surface area contributed by atoms with E-state index in [1.165, 1.54) is 0 Å². The van der Waals surface area contributed by atoms with E-state index < -0.39 is 12.1 Å². The van der Waals surface area contributed by atoms with Crippen molar-refractivity contribution >= 4 is 11.8 Å². The predicted molar refractivity (Wildman–Crippen MR) is 111 cm³/mol. The molecule has 1 saturated carbocycles. The van der Waals surface area contributed by atoms with Crippen molar-refractivity contribution in [2.45, 2.75) is 83.2 Å². The number of rotatable bonds is 12. The fourth-order valence-electron chi connectivity index (χ4n) is 4.06. The summed E-state index contributed by atoms with van der Waals surface area (Å²) in [4.78, 5) is 23.0. The Labute approximate surface area is 168 Å². The summed E-state index contributed by atoms with van der Waals surface area (Å²) in [5, 5.41) is 19.0. The van der Waals surface area contributed by atoms with E-state index in [0.717, 1.165) is 56.1 Å².